The summed E-state index contributed by atoms with van der Waals surface area (Å²) in [6, 6.07) is 16.4. The van der Waals surface area contributed by atoms with E-state index in [0.717, 1.165) is 17.9 Å². The summed E-state index contributed by atoms with van der Waals surface area (Å²) in [6.45, 7) is 0.982. The molecule has 0 bridgehead atoms. The van der Waals surface area contributed by atoms with Crippen molar-refractivity contribution in [2.75, 3.05) is 29.8 Å². The van der Waals surface area contributed by atoms with Crippen LogP contribution in [0.25, 0.3) is 22.3 Å². The van der Waals surface area contributed by atoms with Crippen molar-refractivity contribution in [1.82, 2.24) is 19.4 Å². The van der Waals surface area contributed by atoms with Gasteiger partial charge in [0, 0.05) is 36.6 Å². The number of thioether (sulfide) groups is 2. The van der Waals surface area contributed by atoms with Gasteiger partial charge in [0.15, 0.2) is 0 Å². The first-order valence-electron chi connectivity index (χ1n) is 10.9. The van der Waals surface area contributed by atoms with Crippen LogP contribution in [-0.2, 0) is 16.1 Å². The lowest BCUT2D eigenvalue weighted by Gasteiger charge is -2.27. The van der Waals surface area contributed by atoms with Gasteiger partial charge in [-0.15, -0.1) is 23.5 Å². The number of aromatic nitrogens is 2. The maximum atomic E-state index is 13.4. The molecule has 2 aromatic carbocycles. The summed E-state index contributed by atoms with van der Waals surface area (Å²) >= 11 is 3.34. The maximum Gasteiger partial charge on any atom is 0.277 e. The minimum Gasteiger partial charge on any atom is -0.331 e. The number of rotatable bonds is 5. The summed E-state index contributed by atoms with van der Waals surface area (Å²) in [5, 5.41) is 0. The Kier molecular flexibility index (Phi) is 6.41. The van der Waals surface area contributed by atoms with Gasteiger partial charge in [0.2, 0.25) is 11.8 Å². The Morgan fingerprint density at radius 2 is 1.79 bits per heavy atom. The predicted octanol–water partition coefficient (Wildman–Crippen LogP) is 2.89. The summed E-state index contributed by atoms with van der Waals surface area (Å²) in [5.41, 5.74) is 2.31. The van der Waals surface area contributed by atoms with Crippen LogP contribution in [-0.4, -0.2) is 67.0 Å². The molecule has 0 aliphatic carbocycles. The SMILES string of the molecule is O=C([C@@H]1CSCN1C(=O)CCn1c(=O)c(-c2ccccc2)nc2ccccc21)N1CCSC1. The number of hydrogen-bond acceptors (Lipinski definition) is 6. The van der Waals surface area contributed by atoms with Gasteiger partial charge in [0.05, 0.1) is 22.8 Å². The zero-order valence-corrected chi connectivity index (χ0v) is 19.7. The van der Waals surface area contributed by atoms with Crippen molar-refractivity contribution in [2.24, 2.45) is 0 Å². The standard InChI is InChI=1S/C24H24N4O3S2/c29-21(28-16-33-14-20(28)23(30)26-12-13-32-15-26)10-11-27-19-9-5-4-8-18(19)25-22(24(27)31)17-6-2-1-3-7-17/h1-9,20H,10-16H2/t20-/m0/s1. The lowest BCUT2D eigenvalue weighted by molar-refractivity contribution is -0.142. The van der Waals surface area contributed by atoms with Crippen LogP contribution in [0, 0.1) is 0 Å². The summed E-state index contributed by atoms with van der Waals surface area (Å²) in [6.07, 6.45) is 0.154. The third-order valence-electron chi connectivity index (χ3n) is 6.00. The first-order chi connectivity index (χ1) is 16.1. The zero-order chi connectivity index (χ0) is 22.8. The van der Waals surface area contributed by atoms with Gasteiger partial charge >= 0.3 is 0 Å². The van der Waals surface area contributed by atoms with E-state index in [2.05, 4.69) is 4.98 Å². The largest absolute Gasteiger partial charge is 0.331 e. The van der Waals surface area contributed by atoms with Gasteiger partial charge in [-0.2, -0.15) is 0 Å². The van der Waals surface area contributed by atoms with Gasteiger partial charge in [-0.1, -0.05) is 42.5 Å². The number of para-hydroxylation sites is 2. The van der Waals surface area contributed by atoms with Crippen molar-refractivity contribution in [2.45, 2.75) is 19.0 Å². The number of carbonyl (C=O) groups excluding carboxylic acids is 2. The van der Waals surface area contributed by atoms with Crippen molar-refractivity contribution in [3.05, 3.63) is 65.0 Å². The molecule has 170 valence electrons. The zero-order valence-electron chi connectivity index (χ0n) is 18.1. The summed E-state index contributed by atoms with van der Waals surface area (Å²) < 4.78 is 1.64. The number of aryl methyl sites for hydroxylation is 1. The Hall–Kier alpha value is -2.78. The van der Waals surface area contributed by atoms with Crippen molar-refractivity contribution < 1.29 is 9.59 Å². The van der Waals surface area contributed by atoms with Crippen molar-refractivity contribution >= 4 is 46.4 Å². The molecule has 1 atom stereocenters. The van der Waals surface area contributed by atoms with Crippen LogP contribution >= 0.6 is 23.5 Å². The molecule has 33 heavy (non-hydrogen) atoms. The second kappa shape index (κ2) is 9.61. The molecular formula is C24H24N4O3S2. The van der Waals surface area contributed by atoms with E-state index in [1.165, 1.54) is 0 Å². The average molecular weight is 481 g/mol. The number of nitrogens with zero attached hydrogens (tertiary/aromatic N) is 4. The minimum absolute atomic E-state index is 0.0382. The molecule has 3 heterocycles. The van der Waals surface area contributed by atoms with E-state index >= 15 is 0 Å². The van der Waals surface area contributed by atoms with Gasteiger partial charge < -0.3 is 14.4 Å². The molecule has 2 fully saturated rings. The van der Waals surface area contributed by atoms with Crippen LogP contribution in [0.3, 0.4) is 0 Å². The Labute approximate surface area is 200 Å². The topological polar surface area (TPSA) is 75.5 Å². The summed E-state index contributed by atoms with van der Waals surface area (Å²) in [4.78, 5) is 47.6. The lowest BCUT2D eigenvalue weighted by atomic mass is 10.1. The third kappa shape index (κ3) is 4.39. The number of amides is 2. The number of carbonyl (C=O) groups is 2. The van der Waals surface area contributed by atoms with E-state index in [1.54, 1.807) is 33.0 Å². The van der Waals surface area contributed by atoms with Crippen LogP contribution in [0.4, 0.5) is 0 Å². The molecule has 5 rings (SSSR count). The van der Waals surface area contributed by atoms with Crippen LogP contribution in [0.2, 0.25) is 0 Å². The van der Waals surface area contributed by atoms with Crippen LogP contribution in [0.1, 0.15) is 6.42 Å². The maximum absolute atomic E-state index is 13.4. The molecule has 2 aliphatic rings. The van der Waals surface area contributed by atoms with Crippen molar-refractivity contribution in [3.63, 3.8) is 0 Å². The fourth-order valence-corrected chi connectivity index (χ4v) is 6.37. The highest BCUT2D eigenvalue weighted by molar-refractivity contribution is 7.99. The van der Waals surface area contributed by atoms with E-state index in [0.29, 0.717) is 34.2 Å². The monoisotopic (exact) mass is 480 g/mol. The van der Waals surface area contributed by atoms with Gasteiger partial charge in [0.25, 0.3) is 5.56 Å². The number of hydrogen-bond donors (Lipinski definition) is 0. The third-order valence-corrected chi connectivity index (χ3v) is 7.98. The first-order valence-corrected chi connectivity index (χ1v) is 13.2. The number of fused-ring (bicyclic) bond motifs is 1. The highest BCUT2D eigenvalue weighted by Crippen LogP contribution is 2.26. The van der Waals surface area contributed by atoms with Crippen LogP contribution in [0.15, 0.2) is 59.4 Å². The molecular weight excluding hydrogens is 456 g/mol. The lowest BCUT2D eigenvalue weighted by Crippen LogP contribution is -2.48. The van der Waals surface area contributed by atoms with Crippen molar-refractivity contribution in [3.8, 4) is 11.3 Å². The second-order valence-electron chi connectivity index (χ2n) is 8.04. The molecule has 3 aromatic rings. The quantitative estimate of drug-likeness (QED) is 0.559. The highest BCUT2D eigenvalue weighted by atomic mass is 32.2. The molecule has 9 heteroatoms. The Morgan fingerprint density at radius 3 is 2.58 bits per heavy atom. The van der Waals surface area contributed by atoms with E-state index in [9.17, 15) is 14.4 Å². The fraction of sp³-hybridized carbons (Fsp3) is 0.333. The molecule has 1 aromatic heterocycles. The van der Waals surface area contributed by atoms with E-state index in [1.807, 2.05) is 59.5 Å². The van der Waals surface area contributed by atoms with Gasteiger partial charge in [-0.3, -0.25) is 14.4 Å². The Bertz CT molecular complexity index is 1240. The molecule has 0 N–H and O–H groups in total. The molecule has 2 amide bonds. The van der Waals surface area contributed by atoms with E-state index < -0.39 is 6.04 Å². The molecule has 7 nitrogen and oxygen atoms in total. The molecule has 0 saturated carbocycles. The molecule has 0 spiro atoms. The van der Waals surface area contributed by atoms with Gasteiger partial charge in [-0.25, -0.2) is 4.98 Å². The Balaban J connectivity index is 1.40. The first kappa shape index (κ1) is 22.0. The smallest absolute Gasteiger partial charge is 0.277 e. The van der Waals surface area contributed by atoms with E-state index in [-0.39, 0.29) is 30.3 Å². The van der Waals surface area contributed by atoms with Gasteiger partial charge in [0.1, 0.15) is 11.7 Å². The van der Waals surface area contributed by atoms with E-state index in [4.69, 9.17) is 0 Å². The second-order valence-corrected chi connectivity index (χ2v) is 10.1. The average Bonchev–Trinajstić information content (AvgIpc) is 3.56. The molecule has 2 saturated heterocycles. The van der Waals surface area contributed by atoms with Gasteiger partial charge in [-0.05, 0) is 12.1 Å². The summed E-state index contributed by atoms with van der Waals surface area (Å²) in [5.74, 6) is 2.72. The molecule has 0 unspecified atom stereocenters. The summed E-state index contributed by atoms with van der Waals surface area (Å²) in [7, 11) is 0. The minimum atomic E-state index is -0.410. The normalized spacial score (nSPS) is 18.2. The number of benzene rings is 2. The molecule has 0 radical (unpaired) electrons. The van der Waals surface area contributed by atoms with Crippen LogP contribution in [0.5, 0.6) is 0 Å². The fourth-order valence-electron chi connectivity index (χ4n) is 4.24. The highest BCUT2D eigenvalue weighted by Gasteiger charge is 2.37. The molecule has 2 aliphatic heterocycles. The Morgan fingerprint density at radius 1 is 1.00 bits per heavy atom. The van der Waals surface area contributed by atoms with Crippen molar-refractivity contribution in [1.29, 1.82) is 0 Å². The van der Waals surface area contributed by atoms with Crippen LogP contribution < -0.4 is 5.56 Å². The predicted molar refractivity (Wildman–Crippen MR) is 133 cm³/mol.